The maximum Gasteiger partial charge on any atom is 0.265 e. The average Bonchev–Trinajstić information content (AvgIpc) is 3.30. The van der Waals surface area contributed by atoms with Crippen molar-refractivity contribution in [1.29, 1.82) is 0 Å². The summed E-state index contributed by atoms with van der Waals surface area (Å²) in [5.74, 6) is 1.74. The second kappa shape index (κ2) is 8.74. The molecule has 1 aliphatic rings. The van der Waals surface area contributed by atoms with E-state index in [0.29, 0.717) is 23.9 Å². The van der Waals surface area contributed by atoms with Gasteiger partial charge in [-0.2, -0.15) is 0 Å². The molecule has 3 heterocycles. The summed E-state index contributed by atoms with van der Waals surface area (Å²) < 4.78 is 7.79. The first-order valence-corrected chi connectivity index (χ1v) is 11.1. The lowest BCUT2D eigenvalue weighted by Crippen LogP contribution is -2.29. The van der Waals surface area contributed by atoms with Gasteiger partial charge < -0.3 is 14.2 Å². The lowest BCUT2D eigenvalue weighted by Gasteiger charge is -2.25. The highest BCUT2D eigenvalue weighted by atomic mass is 32.1. The van der Waals surface area contributed by atoms with Crippen molar-refractivity contribution in [3.8, 4) is 10.7 Å². The van der Waals surface area contributed by atoms with Crippen LogP contribution in [0.1, 0.15) is 63.0 Å². The van der Waals surface area contributed by atoms with Gasteiger partial charge in [-0.3, -0.25) is 4.79 Å². The van der Waals surface area contributed by atoms with E-state index in [9.17, 15) is 4.79 Å². The lowest BCUT2D eigenvalue weighted by atomic mass is 9.94. The number of hydrogen-bond acceptors (Lipinski definition) is 5. The van der Waals surface area contributed by atoms with Gasteiger partial charge in [-0.1, -0.05) is 20.8 Å². The van der Waals surface area contributed by atoms with Crippen LogP contribution in [0.15, 0.2) is 12.4 Å². The van der Waals surface area contributed by atoms with Gasteiger partial charge in [0.25, 0.3) is 5.91 Å². The summed E-state index contributed by atoms with van der Waals surface area (Å²) in [5, 5.41) is 0.812. The number of rotatable bonds is 6. The molecule has 0 atom stereocenters. The van der Waals surface area contributed by atoms with E-state index in [4.69, 9.17) is 9.72 Å². The Labute approximate surface area is 171 Å². The summed E-state index contributed by atoms with van der Waals surface area (Å²) in [6, 6.07) is 0. The predicted molar refractivity (Wildman–Crippen MR) is 113 cm³/mol. The van der Waals surface area contributed by atoms with E-state index in [1.807, 2.05) is 18.7 Å². The number of carbonyl (C=O) groups excluding carboxylic acids is 1. The molecular formula is C21H32N4O2S. The van der Waals surface area contributed by atoms with Crippen LogP contribution in [-0.4, -0.2) is 51.6 Å². The SMILES string of the molecule is CCN(CC)C(=O)c1cnc(-c2cn(CC3CCOCC3)c(C(C)(C)C)n2)s1. The normalized spacial score (nSPS) is 15.8. The summed E-state index contributed by atoms with van der Waals surface area (Å²) >= 11 is 1.43. The summed E-state index contributed by atoms with van der Waals surface area (Å²) in [4.78, 5) is 24.5. The lowest BCUT2D eigenvalue weighted by molar-refractivity contribution is 0.0607. The zero-order valence-electron chi connectivity index (χ0n) is 17.7. The van der Waals surface area contributed by atoms with E-state index in [-0.39, 0.29) is 11.3 Å². The highest BCUT2D eigenvalue weighted by Gasteiger charge is 2.26. The van der Waals surface area contributed by atoms with Gasteiger partial charge in [0.15, 0.2) is 0 Å². The predicted octanol–water partition coefficient (Wildman–Crippen LogP) is 4.21. The molecule has 0 spiro atoms. The maximum atomic E-state index is 12.6. The minimum absolute atomic E-state index is 0.0476. The number of amides is 1. The maximum absolute atomic E-state index is 12.6. The molecule has 1 fully saturated rings. The van der Waals surface area contributed by atoms with Crippen LogP contribution < -0.4 is 0 Å². The van der Waals surface area contributed by atoms with Crippen LogP contribution in [0, 0.1) is 5.92 Å². The van der Waals surface area contributed by atoms with Crippen molar-refractivity contribution in [3.05, 3.63) is 23.1 Å². The van der Waals surface area contributed by atoms with Gasteiger partial charge in [-0.15, -0.1) is 11.3 Å². The molecule has 0 N–H and O–H groups in total. The molecule has 0 radical (unpaired) electrons. The van der Waals surface area contributed by atoms with Gasteiger partial charge >= 0.3 is 0 Å². The Kier molecular flexibility index (Phi) is 6.55. The molecule has 1 aliphatic heterocycles. The first kappa shape index (κ1) is 21.0. The van der Waals surface area contributed by atoms with Crippen molar-refractivity contribution >= 4 is 17.2 Å². The van der Waals surface area contributed by atoms with Crippen LogP contribution in [0.25, 0.3) is 10.7 Å². The number of imidazole rings is 1. The zero-order chi connectivity index (χ0) is 20.3. The Balaban J connectivity index is 1.87. The Bertz CT molecular complexity index is 796. The van der Waals surface area contributed by atoms with Crippen LogP contribution >= 0.6 is 11.3 Å². The molecule has 1 amide bonds. The number of carbonyl (C=O) groups is 1. The summed E-state index contributed by atoms with van der Waals surface area (Å²) in [6.45, 7) is 14.6. The topological polar surface area (TPSA) is 60.2 Å². The van der Waals surface area contributed by atoms with Gasteiger partial charge in [0.2, 0.25) is 0 Å². The molecule has 154 valence electrons. The zero-order valence-corrected chi connectivity index (χ0v) is 18.5. The van der Waals surface area contributed by atoms with Crippen LogP contribution in [0.2, 0.25) is 0 Å². The third kappa shape index (κ3) is 4.63. The third-order valence-corrected chi connectivity index (χ3v) is 6.24. The second-order valence-electron chi connectivity index (χ2n) is 8.41. The fraction of sp³-hybridized carbons (Fsp3) is 0.667. The van der Waals surface area contributed by atoms with Gasteiger partial charge in [0, 0.05) is 44.5 Å². The monoisotopic (exact) mass is 404 g/mol. The van der Waals surface area contributed by atoms with Crippen molar-refractivity contribution in [3.63, 3.8) is 0 Å². The molecule has 0 aliphatic carbocycles. The van der Waals surface area contributed by atoms with Crippen LogP contribution in [0.5, 0.6) is 0 Å². The molecule has 0 bridgehead atoms. The number of nitrogens with zero attached hydrogens (tertiary/aromatic N) is 4. The smallest absolute Gasteiger partial charge is 0.265 e. The largest absolute Gasteiger partial charge is 0.381 e. The minimum atomic E-state index is -0.0550. The summed E-state index contributed by atoms with van der Waals surface area (Å²) in [5.41, 5.74) is 0.807. The van der Waals surface area contributed by atoms with Crippen LogP contribution in [0.4, 0.5) is 0 Å². The number of ether oxygens (including phenoxy) is 1. The first-order valence-electron chi connectivity index (χ1n) is 10.2. The van der Waals surface area contributed by atoms with E-state index < -0.39 is 0 Å². The van der Waals surface area contributed by atoms with E-state index in [1.165, 1.54) is 11.3 Å². The third-order valence-electron chi connectivity index (χ3n) is 5.23. The average molecular weight is 405 g/mol. The molecule has 0 aromatic carbocycles. The van der Waals surface area contributed by atoms with Gasteiger partial charge in [-0.05, 0) is 32.6 Å². The van der Waals surface area contributed by atoms with Gasteiger partial charge in [0.05, 0.1) is 6.20 Å². The van der Waals surface area contributed by atoms with Gasteiger partial charge in [-0.25, -0.2) is 9.97 Å². The molecule has 2 aromatic rings. The van der Waals surface area contributed by atoms with Crippen molar-refractivity contribution in [2.75, 3.05) is 26.3 Å². The molecule has 0 saturated carbocycles. The molecule has 1 saturated heterocycles. The van der Waals surface area contributed by atoms with Crippen molar-refractivity contribution in [2.45, 2.75) is 59.4 Å². The number of hydrogen-bond donors (Lipinski definition) is 0. The molecular weight excluding hydrogens is 372 g/mol. The van der Waals surface area contributed by atoms with Gasteiger partial charge in [0.1, 0.15) is 21.4 Å². The van der Waals surface area contributed by atoms with E-state index in [1.54, 1.807) is 6.20 Å². The minimum Gasteiger partial charge on any atom is -0.381 e. The van der Waals surface area contributed by atoms with Crippen LogP contribution in [-0.2, 0) is 16.7 Å². The van der Waals surface area contributed by atoms with E-state index >= 15 is 0 Å². The van der Waals surface area contributed by atoms with E-state index in [2.05, 4.69) is 36.5 Å². The Morgan fingerprint density at radius 3 is 2.57 bits per heavy atom. The molecule has 2 aromatic heterocycles. The second-order valence-corrected chi connectivity index (χ2v) is 9.45. The highest BCUT2D eigenvalue weighted by Crippen LogP contribution is 2.31. The Morgan fingerprint density at radius 1 is 1.29 bits per heavy atom. The molecule has 7 heteroatoms. The molecule has 3 rings (SSSR count). The Morgan fingerprint density at radius 2 is 1.96 bits per heavy atom. The Hall–Kier alpha value is -1.73. The van der Waals surface area contributed by atoms with Crippen molar-refractivity contribution in [1.82, 2.24) is 19.4 Å². The summed E-state index contributed by atoms with van der Waals surface area (Å²) in [7, 11) is 0. The van der Waals surface area contributed by atoms with Crippen molar-refractivity contribution < 1.29 is 9.53 Å². The van der Waals surface area contributed by atoms with Crippen molar-refractivity contribution in [2.24, 2.45) is 5.92 Å². The number of thiazole rings is 1. The fourth-order valence-corrected chi connectivity index (χ4v) is 4.46. The van der Waals surface area contributed by atoms with E-state index in [0.717, 1.165) is 49.1 Å². The standard InChI is InChI=1S/C21H32N4O2S/c1-6-24(7-2)19(26)17-12-22-18(28-17)16-14-25(20(23-16)21(3,4)5)13-15-8-10-27-11-9-15/h12,14-15H,6-11,13H2,1-5H3. The molecule has 28 heavy (non-hydrogen) atoms. The quantitative estimate of drug-likeness (QED) is 0.723. The van der Waals surface area contributed by atoms with Crippen LogP contribution in [0.3, 0.4) is 0 Å². The number of aromatic nitrogens is 3. The molecule has 0 unspecified atom stereocenters. The fourth-order valence-electron chi connectivity index (χ4n) is 3.62. The summed E-state index contributed by atoms with van der Waals surface area (Å²) in [6.07, 6.45) is 5.99. The molecule has 6 nitrogen and oxygen atoms in total. The first-order chi connectivity index (χ1) is 13.3. The highest BCUT2D eigenvalue weighted by molar-refractivity contribution is 7.16.